The first kappa shape index (κ1) is 13.4. The van der Waals surface area contributed by atoms with E-state index in [-0.39, 0.29) is 11.9 Å². The SMILES string of the molecule is CC(C)COC(=O)c1c(-c2ccccc2)[nH]n2cnnc12. The maximum Gasteiger partial charge on any atom is 0.344 e. The molecule has 108 valence electrons. The molecule has 0 spiro atoms. The molecule has 6 heteroatoms. The number of aromatic nitrogens is 4. The minimum atomic E-state index is -0.387. The summed E-state index contributed by atoms with van der Waals surface area (Å²) in [4.78, 5) is 12.4. The Labute approximate surface area is 121 Å². The Bertz CT molecular complexity index is 758. The first-order valence-corrected chi connectivity index (χ1v) is 6.81. The number of nitrogens with one attached hydrogen (secondary N) is 1. The van der Waals surface area contributed by atoms with Crippen LogP contribution >= 0.6 is 0 Å². The summed E-state index contributed by atoms with van der Waals surface area (Å²) in [6.07, 6.45) is 1.53. The van der Waals surface area contributed by atoms with E-state index in [0.717, 1.165) is 5.56 Å². The number of carbonyl (C=O) groups excluding carboxylic acids is 1. The van der Waals surface area contributed by atoms with Gasteiger partial charge in [-0.05, 0) is 5.92 Å². The van der Waals surface area contributed by atoms with Crippen LogP contribution in [0.15, 0.2) is 36.7 Å². The monoisotopic (exact) mass is 284 g/mol. The first-order chi connectivity index (χ1) is 10.2. The van der Waals surface area contributed by atoms with E-state index >= 15 is 0 Å². The summed E-state index contributed by atoms with van der Waals surface area (Å²) in [7, 11) is 0. The molecule has 0 atom stereocenters. The number of benzene rings is 1. The molecule has 1 aromatic carbocycles. The van der Waals surface area contributed by atoms with Crippen molar-refractivity contribution in [2.24, 2.45) is 5.92 Å². The molecule has 0 aliphatic heterocycles. The largest absolute Gasteiger partial charge is 0.462 e. The lowest BCUT2D eigenvalue weighted by Gasteiger charge is -2.07. The lowest BCUT2D eigenvalue weighted by Crippen LogP contribution is -2.11. The number of fused-ring (bicyclic) bond motifs is 1. The van der Waals surface area contributed by atoms with Crippen LogP contribution in [-0.4, -0.2) is 32.4 Å². The highest BCUT2D eigenvalue weighted by atomic mass is 16.5. The number of rotatable bonds is 4. The fourth-order valence-corrected chi connectivity index (χ4v) is 2.10. The van der Waals surface area contributed by atoms with Crippen LogP contribution < -0.4 is 0 Å². The average Bonchev–Trinajstić information content (AvgIpc) is 3.06. The first-order valence-electron chi connectivity index (χ1n) is 6.81. The molecule has 0 bridgehead atoms. The Morgan fingerprint density at radius 3 is 2.81 bits per heavy atom. The van der Waals surface area contributed by atoms with Gasteiger partial charge in [-0.25, -0.2) is 9.31 Å². The molecule has 0 fully saturated rings. The summed E-state index contributed by atoms with van der Waals surface area (Å²) in [6, 6.07) is 9.62. The van der Waals surface area contributed by atoms with Gasteiger partial charge in [-0.2, -0.15) is 0 Å². The van der Waals surface area contributed by atoms with Gasteiger partial charge in [0.1, 0.15) is 11.9 Å². The second kappa shape index (κ2) is 5.40. The molecule has 2 aromatic heterocycles. The van der Waals surface area contributed by atoms with Gasteiger partial charge < -0.3 is 4.74 Å². The van der Waals surface area contributed by atoms with Gasteiger partial charge in [0.05, 0.1) is 12.3 Å². The number of esters is 1. The van der Waals surface area contributed by atoms with E-state index < -0.39 is 0 Å². The third-order valence-corrected chi connectivity index (χ3v) is 3.07. The summed E-state index contributed by atoms with van der Waals surface area (Å²) >= 11 is 0. The van der Waals surface area contributed by atoms with Crippen molar-refractivity contribution < 1.29 is 9.53 Å². The van der Waals surface area contributed by atoms with Crippen LogP contribution in [0.5, 0.6) is 0 Å². The van der Waals surface area contributed by atoms with Crippen molar-refractivity contribution in [3.8, 4) is 11.3 Å². The van der Waals surface area contributed by atoms with Crippen LogP contribution in [0, 0.1) is 5.92 Å². The van der Waals surface area contributed by atoms with E-state index in [2.05, 4.69) is 15.3 Å². The number of aromatic amines is 1. The van der Waals surface area contributed by atoms with E-state index in [1.165, 1.54) is 6.33 Å². The van der Waals surface area contributed by atoms with Crippen LogP contribution in [0.25, 0.3) is 16.9 Å². The Balaban J connectivity index is 2.06. The predicted octanol–water partition coefficient (Wildman–Crippen LogP) is 2.54. The van der Waals surface area contributed by atoms with Crippen LogP contribution in [0.3, 0.4) is 0 Å². The topological polar surface area (TPSA) is 72.3 Å². The van der Waals surface area contributed by atoms with E-state index in [1.807, 2.05) is 44.2 Å². The zero-order valence-corrected chi connectivity index (χ0v) is 11.9. The number of hydrogen-bond donors (Lipinski definition) is 1. The zero-order chi connectivity index (χ0) is 14.8. The van der Waals surface area contributed by atoms with Crippen LogP contribution in [-0.2, 0) is 4.74 Å². The summed E-state index contributed by atoms with van der Waals surface area (Å²) in [5.41, 5.74) is 2.48. The molecule has 6 nitrogen and oxygen atoms in total. The highest BCUT2D eigenvalue weighted by Gasteiger charge is 2.23. The molecule has 0 saturated carbocycles. The molecule has 0 aliphatic rings. The highest BCUT2D eigenvalue weighted by molar-refractivity contribution is 6.02. The van der Waals surface area contributed by atoms with E-state index in [4.69, 9.17) is 4.74 Å². The fourth-order valence-electron chi connectivity index (χ4n) is 2.10. The number of nitrogens with zero attached hydrogens (tertiary/aromatic N) is 3. The Kier molecular flexibility index (Phi) is 3.43. The highest BCUT2D eigenvalue weighted by Crippen LogP contribution is 2.25. The van der Waals surface area contributed by atoms with Crippen molar-refractivity contribution in [2.75, 3.05) is 6.61 Å². The molecule has 21 heavy (non-hydrogen) atoms. The summed E-state index contributed by atoms with van der Waals surface area (Å²) < 4.78 is 6.97. The fraction of sp³-hybridized carbons (Fsp3) is 0.267. The predicted molar refractivity (Wildman–Crippen MR) is 77.9 cm³/mol. The van der Waals surface area contributed by atoms with Crippen molar-refractivity contribution in [1.29, 1.82) is 0 Å². The normalized spacial score (nSPS) is 11.2. The molecule has 0 radical (unpaired) electrons. The molecular weight excluding hydrogens is 268 g/mol. The quantitative estimate of drug-likeness (QED) is 0.747. The molecule has 0 aliphatic carbocycles. The van der Waals surface area contributed by atoms with Gasteiger partial charge >= 0.3 is 5.97 Å². The van der Waals surface area contributed by atoms with E-state index in [0.29, 0.717) is 23.5 Å². The molecule has 2 heterocycles. The number of ether oxygens (including phenoxy) is 1. The summed E-state index contributed by atoms with van der Waals surface area (Å²) in [5.74, 6) is -0.108. The second-order valence-electron chi connectivity index (χ2n) is 5.24. The van der Waals surface area contributed by atoms with E-state index in [9.17, 15) is 4.79 Å². The number of H-pyrrole nitrogens is 1. The van der Waals surface area contributed by atoms with Gasteiger partial charge in [0.25, 0.3) is 0 Å². The zero-order valence-electron chi connectivity index (χ0n) is 11.9. The van der Waals surface area contributed by atoms with Crippen molar-refractivity contribution >= 4 is 11.6 Å². The third-order valence-electron chi connectivity index (χ3n) is 3.07. The molecular formula is C15H16N4O2. The van der Waals surface area contributed by atoms with Gasteiger partial charge in [-0.3, -0.25) is 5.10 Å². The summed E-state index contributed by atoms with van der Waals surface area (Å²) in [6.45, 7) is 4.36. The molecule has 1 N–H and O–H groups in total. The molecule has 0 amide bonds. The van der Waals surface area contributed by atoms with Gasteiger partial charge in [-0.1, -0.05) is 44.2 Å². The standard InChI is InChI=1S/C15H16N4O2/c1-10(2)8-21-15(20)12-13(11-6-4-3-5-7-11)18-19-9-16-17-14(12)19/h3-7,9-10,18H,8H2,1-2H3. The average molecular weight is 284 g/mol. The molecule has 0 unspecified atom stereocenters. The third kappa shape index (κ3) is 2.52. The minimum Gasteiger partial charge on any atom is -0.462 e. The van der Waals surface area contributed by atoms with Crippen molar-refractivity contribution in [2.45, 2.75) is 13.8 Å². The molecule has 3 aromatic rings. The van der Waals surface area contributed by atoms with Crippen molar-refractivity contribution in [3.05, 3.63) is 42.2 Å². The summed E-state index contributed by atoms with van der Waals surface area (Å²) in [5, 5.41) is 10.9. The Morgan fingerprint density at radius 2 is 2.10 bits per heavy atom. The van der Waals surface area contributed by atoms with Crippen molar-refractivity contribution in [1.82, 2.24) is 19.8 Å². The smallest absolute Gasteiger partial charge is 0.344 e. The van der Waals surface area contributed by atoms with Gasteiger partial charge in [0.2, 0.25) is 0 Å². The number of hydrogen-bond acceptors (Lipinski definition) is 4. The van der Waals surface area contributed by atoms with E-state index in [1.54, 1.807) is 4.52 Å². The lowest BCUT2D eigenvalue weighted by atomic mass is 10.1. The number of carbonyl (C=O) groups is 1. The van der Waals surface area contributed by atoms with Gasteiger partial charge in [0.15, 0.2) is 5.65 Å². The van der Waals surface area contributed by atoms with Crippen LogP contribution in [0.2, 0.25) is 0 Å². The van der Waals surface area contributed by atoms with Gasteiger partial charge in [0, 0.05) is 5.56 Å². The molecule has 0 saturated heterocycles. The van der Waals surface area contributed by atoms with Crippen LogP contribution in [0.4, 0.5) is 0 Å². The maximum absolute atomic E-state index is 12.4. The second-order valence-corrected chi connectivity index (χ2v) is 5.24. The Morgan fingerprint density at radius 1 is 1.33 bits per heavy atom. The molecule has 3 rings (SSSR count). The Hall–Kier alpha value is -2.63. The lowest BCUT2D eigenvalue weighted by molar-refractivity contribution is 0.0462. The maximum atomic E-state index is 12.4. The van der Waals surface area contributed by atoms with Crippen molar-refractivity contribution in [3.63, 3.8) is 0 Å². The van der Waals surface area contributed by atoms with Crippen LogP contribution in [0.1, 0.15) is 24.2 Å². The van der Waals surface area contributed by atoms with Gasteiger partial charge in [-0.15, -0.1) is 10.2 Å². The minimum absolute atomic E-state index is 0.280.